The molecule has 3 N–H and O–H groups in total. The highest BCUT2D eigenvalue weighted by Gasteiger charge is 2.50. The minimum Gasteiger partial charge on any atom is -0.409 e. The van der Waals surface area contributed by atoms with Crippen molar-refractivity contribution in [2.75, 3.05) is 31.1 Å². The first-order chi connectivity index (χ1) is 10.2. The Morgan fingerprint density at radius 1 is 1.38 bits per heavy atom. The van der Waals surface area contributed by atoms with Crippen LogP contribution in [0, 0.1) is 5.41 Å². The van der Waals surface area contributed by atoms with E-state index in [4.69, 9.17) is 10.9 Å². The maximum atomic E-state index is 12.7. The quantitative estimate of drug-likeness (QED) is 0.371. The first-order valence-electron chi connectivity index (χ1n) is 7.09. The normalized spacial score (nSPS) is 22.0. The van der Waals surface area contributed by atoms with Gasteiger partial charge in [0.2, 0.25) is 5.91 Å². The number of amides is 1. The molecule has 0 aromatic carbocycles. The highest BCUT2D eigenvalue weighted by molar-refractivity contribution is 7.13. The standard InChI is InChI=1S/C13H19N5O2S/c14-10(16-20)13(2-1-3-13)11(19)17-5-7-18(8-6-17)12-15-4-9-21-12/h4,9,20H,1-3,5-8H2,(H2,14,16). The molecule has 8 heteroatoms. The monoisotopic (exact) mass is 309 g/mol. The number of amidine groups is 1. The lowest BCUT2D eigenvalue weighted by Gasteiger charge is -2.44. The third-order valence-electron chi connectivity index (χ3n) is 4.47. The smallest absolute Gasteiger partial charge is 0.236 e. The molecule has 1 saturated heterocycles. The largest absolute Gasteiger partial charge is 0.409 e. The van der Waals surface area contributed by atoms with Crippen molar-refractivity contribution in [1.29, 1.82) is 0 Å². The summed E-state index contributed by atoms with van der Waals surface area (Å²) in [7, 11) is 0. The van der Waals surface area contributed by atoms with Crippen molar-refractivity contribution in [3.8, 4) is 0 Å². The predicted octanol–water partition coefficient (Wildman–Crippen LogP) is 0.708. The number of hydrogen-bond donors (Lipinski definition) is 2. The summed E-state index contributed by atoms with van der Waals surface area (Å²) in [5, 5.41) is 15.0. The number of thiazole rings is 1. The molecule has 0 atom stereocenters. The van der Waals surface area contributed by atoms with Gasteiger partial charge in [-0.05, 0) is 12.8 Å². The first-order valence-corrected chi connectivity index (χ1v) is 7.97. The average Bonchev–Trinajstić information content (AvgIpc) is 3.00. The van der Waals surface area contributed by atoms with Crippen LogP contribution in [0.15, 0.2) is 16.7 Å². The zero-order chi connectivity index (χ0) is 14.9. The summed E-state index contributed by atoms with van der Waals surface area (Å²) in [6.45, 7) is 2.84. The summed E-state index contributed by atoms with van der Waals surface area (Å²) in [5.41, 5.74) is 4.99. The van der Waals surface area contributed by atoms with E-state index in [9.17, 15) is 4.79 Å². The zero-order valence-corrected chi connectivity index (χ0v) is 12.6. The van der Waals surface area contributed by atoms with Crippen LogP contribution in [0.3, 0.4) is 0 Å². The Hall–Kier alpha value is -1.83. The molecule has 1 amide bonds. The van der Waals surface area contributed by atoms with Gasteiger partial charge < -0.3 is 20.7 Å². The molecule has 21 heavy (non-hydrogen) atoms. The molecule has 2 aliphatic rings. The van der Waals surface area contributed by atoms with E-state index in [0.29, 0.717) is 25.9 Å². The van der Waals surface area contributed by atoms with Gasteiger partial charge in [0.05, 0.1) is 0 Å². The van der Waals surface area contributed by atoms with E-state index in [1.54, 1.807) is 17.5 Å². The van der Waals surface area contributed by atoms with Crippen LogP contribution >= 0.6 is 11.3 Å². The molecule has 1 aromatic rings. The van der Waals surface area contributed by atoms with E-state index >= 15 is 0 Å². The molecule has 7 nitrogen and oxygen atoms in total. The molecule has 0 bridgehead atoms. The summed E-state index contributed by atoms with van der Waals surface area (Å²) in [6, 6.07) is 0. The van der Waals surface area contributed by atoms with E-state index in [2.05, 4.69) is 15.0 Å². The van der Waals surface area contributed by atoms with Crippen LogP contribution in [0.4, 0.5) is 5.13 Å². The van der Waals surface area contributed by atoms with Gasteiger partial charge in [-0.3, -0.25) is 4.79 Å². The number of carbonyl (C=O) groups is 1. The van der Waals surface area contributed by atoms with Crippen molar-refractivity contribution in [3.05, 3.63) is 11.6 Å². The third kappa shape index (κ3) is 2.33. The summed E-state index contributed by atoms with van der Waals surface area (Å²) < 4.78 is 0. The number of aromatic nitrogens is 1. The lowest BCUT2D eigenvalue weighted by Crippen LogP contribution is -2.59. The van der Waals surface area contributed by atoms with Crippen molar-refractivity contribution in [1.82, 2.24) is 9.88 Å². The zero-order valence-electron chi connectivity index (χ0n) is 11.7. The Balaban J connectivity index is 1.65. The van der Waals surface area contributed by atoms with E-state index in [1.807, 2.05) is 10.3 Å². The molecule has 0 spiro atoms. The van der Waals surface area contributed by atoms with Gasteiger partial charge in [-0.1, -0.05) is 11.6 Å². The molecule has 1 aliphatic carbocycles. The number of anilines is 1. The van der Waals surface area contributed by atoms with Crippen molar-refractivity contribution in [2.24, 2.45) is 16.3 Å². The Labute approximate surface area is 127 Å². The van der Waals surface area contributed by atoms with Crippen LogP contribution in [0.5, 0.6) is 0 Å². The minimum absolute atomic E-state index is 0.00263. The van der Waals surface area contributed by atoms with E-state index in [1.165, 1.54) is 0 Å². The number of rotatable bonds is 3. The third-order valence-corrected chi connectivity index (χ3v) is 5.30. The highest BCUT2D eigenvalue weighted by atomic mass is 32.1. The second kappa shape index (κ2) is 5.51. The Bertz CT molecular complexity index is 533. The molecular formula is C13H19N5O2S. The maximum absolute atomic E-state index is 12.7. The molecule has 1 aliphatic heterocycles. The average molecular weight is 309 g/mol. The van der Waals surface area contributed by atoms with Gasteiger partial charge in [-0.15, -0.1) is 11.3 Å². The predicted molar refractivity (Wildman–Crippen MR) is 80.6 cm³/mol. The van der Waals surface area contributed by atoms with Crippen LogP contribution < -0.4 is 10.6 Å². The van der Waals surface area contributed by atoms with Gasteiger partial charge >= 0.3 is 0 Å². The molecule has 114 valence electrons. The van der Waals surface area contributed by atoms with Gasteiger partial charge in [0.25, 0.3) is 0 Å². The molecule has 1 saturated carbocycles. The topological polar surface area (TPSA) is 95.0 Å². The highest BCUT2D eigenvalue weighted by Crippen LogP contribution is 2.43. The van der Waals surface area contributed by atoms with E-state index in [-0.39, 0.29) is 11.7 Å². The van der Waals surface area contributed by atoms with Crippen LogP contribution in [0.2, 0.25) is 0 Å². The van der Waals surface area contributed by atoms with Gasteiger partial charge in [0.15, 0.2) is 11.0 Å². The first kappa shape index (κ1) is 14.1. The number of hydrogen-bond acceptors (Lipinski definition) is 6. The Kier molecular flexibility index (Phi) is 3.71. The van der Waals surface area contributed by atoms with E-state index < -0.39 is 5.41 Å². The van der Waals surface area contributed by atoms with Crippen LogP contribution in [-0.4, -0.2) is 53.0 Å². The fourth-order valence-electron chi connectivity index (χ4n) is 2.98. The number of piperazine rings is 1. The summed E-state index contributed by atoms with van der Waals surface area (Å²) in [5.74, 6) is 0.0592. The van der Waals surface area contributed by atoms with Crippen LogP contribution in [-0.2, 0) is 4.79 Å². The van der Waals surface area contributed by atoms with E-state index in [0.717, 1.165) is 24.6 Å². The molecule has 0 radical (unpaired) electrons. The van der Waals surface area contributed by atoms with Crippen LogP contribution in [0.25, 0.3) is 0 Å². The van der Waals surface area contributed by atoms with Crippen molar-refractivity contribution < 1.29 is 10.0 Å². The molecule has 1 aromatic heterocycles. The number of nitrogens with two attached hydrogens (primary N) is 1. The number of oxime groups is 1. The number of nitrogens with zero attached hydrogens (tertiary/aromatic N) is 4. The van der Waals surface area contributed by atoms with Gasteiger partial charge in [0, 0.05) is 37.8 Å². The van der Waals surface area contributed by atoms with Crippen molar-refractivity contribution in [3.63, 3.8) is 0 Å². The fraction of sp³-hybridized carbons (Fsp3) is 0.615. The summed E-state index contributed by atoms with van der Waals surface area (Å²) in [6.07, 6.45) is 4.09. The lowest BCUT2D eigenvalue weighted by molar-refractivity contribution is -0.142. The van der Waals surface area contributed by atoms with Crippen molar-refractivity contribution in [2.45, 2.75) is 19.3 Å². The minimum atomic E-state index is -0.766. The lowest BCUT2D eigenvalue weighted by atomic mass is 9.66. The second-order valence-electron chi connectivity index (χ2n) is 5.51. The maximum Gasteiger partial charge on any atom is 0.236 e. The molecule has 0 unspecified atom stereocenters. The SMILES string of the molecule is N/C(=N/O)C1(C(=O)N2CCN(c3nccs3)CC2)CCC1. The fourth-order valence-corrected chi connectivity index (χ4v) is 3.68. The molecule has 2 fully saturated rings. The molecular weight excluding hydrogens is 290 g/mol. The summed E-state index contributed by atoms with van der Waals surface area (Å²) >= 11 is 1.61. The molecule has 3 rings (SSSR count). The van der Waals surface area contributed by atoms with Gasteiger partial charge in [0.1, 0.15) is 5.41 Å². The molecule has 2 heterocycles. The van der Waals surface area contributed by atoms with Crippen molar-refractivity contribution >= 4 is 28.2 Å². The Morgan fingerprint density at radius 3 is 2.57 bits per heavy atom. The van der Waals surface area contributed by atoms with Gasteiger partial charge in [-0.25, -0.2) is 4.98 Å². The number of carbonyl (C=O) groups excluding carboxylic acids is 1. The summed E-state index contributed by atoms with van der Waals surface area (Å²) in [4.78, 5) is 21.0. The van der Waals surface area contributed by atoms with Crippen LogP contribution in [0.1, 0.15) is 19.3 Å². The van der Waals surface area contributed by atoms with Gasteiger partial charge in [-0.2, -0.15) is 0 Å². The second-order valence-corrected chi connectivity index (χ2v) is 6.39. The Morgan fingerprint density at radius 2 is 2.10 bits per heavy atom.